The van der Waals surface area contributed by atoms with Crippen molar-refractivity contribution in [2.75, 3.05) is 26.2 Å². The zero-order valence-electron chi connectivity index (χ0n) is 10.9. The Labute approximate surface area is 112 Å². The number of likely N-dealkylation sites (tertiary alicyclic amines) is 1. The zero-order valence-corrected chi connectivity index (χ0v) is 10.9. The van der Waals surface area contributed by atoms with E-state index < -0.39 is 0 Å². The van der Waals surface area contributed by atoms with Crippen LogP contribution in [0.2, 0.25) is 0 Å². The maximum atomic E-state index is 12.7. The molecule has 0 aromatic heterocycles. The molecule has 1 saturated heterocycles. The number of amides is 1. The predicted molar refractivity (Wildman–Crippen MR) is 69.9 cm³/mol. The lowest BCUT2D eigenvalue weighted by Gasteiger charge is -2.14. The second-order valence-corrected chi connectivity index (χ2v) is 4.73. The molecule has 0 radical (unpaired) electrons. The van der Waals surface area contributed by atoms with Crippen LogP contribution in [0.25, 0.3) is 0 Å². The first-order valence-corrected chi connectivity index (χ1v) is 6.61. The van der Waals surface area contributed by atoms with Gasteiger partial charge in [-0.15, -0.1) is 0 Å². The Kier molecular flexibility index (Phi) is 5.30. The van der Waals surface area contributed by atoms with Crippen molar-refractivity contribution in [1.82, 2.24) is 10.4 Å². The molecule has 1 aromatic rings. The SMILES string of the molecule is O=C(Cc1ccc(F)cc1)NOCCN1CCCC1. The van der Waals surface area contributed by atoms with Crippen LogP contribution in [0.1, 0.15) is 18.4 Å². The number of carbonyl (C=O) groups is 1. The van der Waals surface area contributed by atoms with Crippen LogP contribution in [0.3, 0.4) is 0 Å². The van der Waals surface area contributed by atoms with Crippen molar-refractivity contribution in [1.29, 1.82) is 0 Å². The average Bonchev–Trinajstić information content (AvgIpc) is 2.91. The fraction of sp³-hybridized carbons (Fsp3) is 0.500. The number of hydrogen-bond acceptors (Lipinski definition) is 3. The van der Waals surface area contributed by atoms with Crippen LogP contribution in [0.15, 0.2) is 24.3 Å². The van der Waals surface area contributed by atoms with E-state index in [1.807, 2.05) is 0 Å². The van der Waals surface area contributed by atoms with Gasteiger partial charge < -0.3 is 4.90 Å². The quantitative estimate of drug-likeness (QED) is 0.627. The van der Waals surface area contributed by atoms with Crippen molar-refractivity contribution in [2.24, 2.45) is 0 Å². The molecule has 1 N–H and O–H groups in total. The van der Waals surface area contributed by atoms with E-state index >= 15 is 0 Å². The number of hydroxylamine groups is 1. The van der Waals surface area contributed by atoms with Crippen molar-refractivity contribution < 1.29 is 14.0 Å². The van der Waals surface area contributed by atoms with Crippen LogP contribution in [-0.4, -0.2) is 37.0 Å². The summed E-state index contributed by atoms with van der Waals surface area (Å²) in [5.41, 5.74) is 3.18. The van der Waals surface area contributed by atoms with Gasteiger partial charge in [-0.2, -0.15) is 0 Å². The molecule has 1 fully saturated rings. The summed E-state index contributed by atoms with van der Waals surface area (Å²) in [6.45, 7) is 3.58. The second kappa shape index (κ2) is 7.21. The molecule has 104 valence electrons. The number of rotatable bonds is 6. The molecule has 5 heteroatoms. The van der Waals surface area contributed by atoms with Crippen LogP contribution in [0, 0.1) is 5.82 Å². The first kappa shape index (κ1) is 14.0. The Morgan fingerprint density at radius 1 is 1.26 bits per heavy atom. The van der Waals surface area contributed by atoms with Crippen LogP contribution in [-0.2, 0) is 16.1 Å². The highest BCUT2D eigenvalue weighted by Crippen LogP contribution is 2.06. The van der Waals surface area contributed by atoms with E-state index in [2.05, 4.69) is 10.4 Å². The van der Waals surface area contributed by atoms with Crippen molar-refractivity contribution in [2.45, 2.75) is 19.3 Å². The van der Waals surface area contributed by atoms with Gasteiger partial charge in [-0.1, -0.05) is 12.1 Å². The van der Waals surface area contributed by atoms with E-state index in [9.17, 15) is 9.18 Å². The second-order valence-electron chi connectivity index (χ2n) is 4.73. The van der Waals surface area contributed by atoms with Gasteiger partial charge in [0, 0.05) is 6.54 Å². The molecule has 1 amide bonds. The Hall–Kier alpha value is -1.46. The normalized spacial score (nSPS) is 15.6. The lowest BCUT2D eigenvalue weighted by Crippen LogP contribution is -2.30. The summed E-state index contributed by atoms with van der Waals surface area (Å²) in [6.07, 6.45) is 2.69. The van der Waals surface area contributed by atoms with Gasteiger partial charge in [-0.05, 0) is 43.6 Å². The molecular formula is C14H19FN2O2. The number of benzene rings is 1. The molecule has 2 rings (SSSR count). The van der Waals surface area contributed by atoms with Gasteiger partial charge in [0.25, 0.3) is 0 Å². The maximum absolute atomic E-state index is 12.7. The highest BCUT2D eigenvalue weighted by Gasteiger charge is 2.11. The number of nitrogens with one attached hydrogen (secondary N) is 1. The Morgan fingerprint density at radius 2 is 1.95 bits per heavy atom. The third-order valence-corrected chi connectivity index (χ3v) is 3.17. The van der Waals surface area contributed by atoms with Crippen molar-refractivity contribution in [3.63, 3.8) is 0 Å². The molecule has 0 aliphatic carbocycles. The van der Waals surface area contributed by atoms with Crippen molar-refractivity contribution in [3.8, 4) is 0 Å². The van der Waals surface area contributed by atoms with Gasteiger partial charge in [0.2, 0.25) is 5.91 Å². The van der Waals surface area contributed by atoms with Crippen LogP contribution >= 0.6 is 0 Å². The lowest BCUT2D eigenvalue weighted by molar-refractivity contribution is -0.133. The molecule has 0 saturated carbocycles. The molecule has 1 aliphatic heterocycles. The first-order chi connectivity index (χ1) is 9.24. The summed E-state index contributed by atoms with van der Waals surface area (Å²) < 4.78 is 12.7. The van der Waals surface area contributed by atoms with E-state index in [1.54, 1.807) is 12.1 Å². The topological polar surface area (TPSA) is 41.6 Å². The van der Waals surface area contributed by atoms with Crippen molar-refractivity contribution in [3.05, 3.63) is 35.6 Å². The van der Waals surface area contributed by atoms with E-state index in [1.165, 1.54) is 25.0 Å². The highest BCUT2D eigenvalue weighted by molar-refractivity contribution is 5.77. The van der Waals surface area contributed by atoms with E-state index in [0.717, 1.165) is 25.2 Å². The maximum Gasteiger partial charge on any atom is 0.247 e. The van der Waals surface area contributed by atoms with Gasteiger partial charge in [0.05, 0.1) is 13.0 Å². The fourth-order valence-corrected chi connectivity index (χ4v) is 2.14. The molecule has 1 aliphatic rings. The minimum atomic E-state index is -0.300. The number of nitrogens with zero attached hydrogens (tertiary/aromatic N) is 1. The smallest absolute Gasteiger partial charge is 0.247 e. The summed E-state index contributed by atoms with van der Waals surface area (Å²) in [6, 6.07) is 5.88. The number of hydrogen-bond donors (Lipinski definition) is 1. The molecule has 1 aromatic carbocycles. The molecule has 1 heterocycles. The van der Waals surface area contributed by atoms with Crippen LogP contribution in [0.5, 0.6) is 0 Å². The molecule has 0 atom stereocenters. The van der Waals surface area contributed by atoms with Crippen LogP contribution in [0.4, 0.5) is 4.39 Å². The molecule has 4 nitrogen and oxygen atoms in total. The third-order valence-electron chi connectivity index (χ3n) is 3.17. The molecule has 0 unspecified atom stereocenters. The number of carbonyl (C=O) groups excluding carboxylic acids is 1. The minimum absolute atomic E-state index is 0.198. The van der Waals surface area contributed by atoms with Gasteiger partial charge in [0.1, 0.15) is 5.82 Å². The summed E-state index contributed by atoms with van der Waals surface area (Å²) in [5.74, 6) is -0.515. The Balaban J connectivity index is 1.60. The van der Waals surface area contributed by atoms with Gasteiger partial charge in [0.15, 0.2) is 0 Å². The van der Waals surface area contributed by atoms with E-state index in [-0.39, 0.29) is 18.1 Å². The van der Waals surface area contributed by atoms with Gasteiger partial charge in [-0.25, -0.2) is 9.87 Å². The van der Waals surface area contributed by atoms with Gasteiger partial charge in [-0.3, -0.25) is 9.63 Å². The largest absolute Gasteiger partial charge is 0.301 e. The first-order valence-electron chi connectivity index (χ1n) is 6.61. The molecular weight excluding hydrogens is 247 g/mol. The Bertz CT molecular complexity index is 402. The summed E-state index contributed by atoms with van der Waals surface area (Å²) >= 11 is 0. The Morgan fingerprint density at radius 3 is 2.63 bits per heavy atom. The third kappa shape index (κ3) is 4.96. The van der Waals surface area contributed by atoms with E-state index in [4.69, 9.17) is 4.84 Å². The van der Waals surface area contributed by atoms with E-state index in [0.29, 0.717) is 6.61 Å². The summed E-state index contributed by atoms with van der Waals surface area (Å²) in [7, 11) is 0. The number of halogens is 1. The highest BCUT2D eigenvalue weighted by atomic mass is 19.1. The average molecular weight is 266 g/mol. The van der Waals surface area contributed by atoms with Crippen LogP contribution < -0.4 is 5.48 Å². The van der Waals surface area contributed by atoms with Crippen molar-refractivity contribution >= 4 is 5.91 Å². The monoisotopic (exact) mass is 266 g/mol. The predicted octanol–water partition coefficient (Wildman–Crippen LogP) is 1.51. The standard InChI is InChI=1S/C14H19FN2O2/c15-13-5-3-12(4-6-13)11-14(18)16-19-10-9-17-7-1-2-8-17/h3-6H,1-2,7-11H2,(H,16,18). The summed E-state index contributed by atoms with van der Waals surface area (Å²) in [5, 5.41) is 0. The fourth-order valence-electron chi connectivity index (χ4n) is 2.14. The summed E-state index contributed by atoms with van der Waals surface area (Å²) in [4.78, 5) is 19.0. The zero-order chi connectivity index (χ0) is 13.5. The molecule has 0 spiro atoms. The molecule has 19 heavy (non-hydrogen) atoms. The molecule has 0 bridgehead atoms. The minimum Gasteiger partial charge on any atom is -0.301 e. The van der Waals surface area contributed by atoms with Gasteiger partial charge >= 0.3 is 0 Å². The lowest BCUT2D eigenvalue weighted by atomic mass is 10.1.